The Balaban J connectivity index is 1.75. The van der Waals surface area contributed by atoms with Crippen molar-refractivity contribution in [3.8, 4) is 5.75 Å². The fourth-order valence-electron chi connectivity index (χ4n) is 1.95. The zero-order valence-corrected chi connectivity index (χ0v) is 12.4. The second-order valence-electron chi connectivity index (χ2n) is 4.75. The fraction of sp³-hybridized carbons (Fsp3) is 0.333. The molecule has 6 nitrogen and oxygen atoms in total. The minimum Gasteiger partial charge on any atom is -0.497 e. The lowest BCUT2D eigenvalue weighted by molar-refractivity contribution is 0.415. The Bertz CT molecular complexity index is 588. The highest BCUT2D eigenvalue weighted by Gasteiger charge is 1.98. The highest BCUT2D eigenvalue weighted by atomic mass is 16.5. The van der Waals surface area contributed by atoms with Gasteiger partial charge < -0.3 is 15.8 Å². The number of nitrogens with zero attached hydrogens (tertiary/aromatic N) is 3. The summed E-state index contributed by atoms with van der Waals surface area (Å²) in [5, 5.41) is 7.19. The van der Waals surface area contributed by atoms with Gasteiger partial charge in [0, 0.05) is 25.5 Å². The van der Waals surface area contributed by atoms with Crippen LogP contribution in [0.4, 0.5) is 5.69 Å². The number of nitrogens with two attached hydrogens (primary N) is 1. The maximum absolute atomic E-state index is 5.85. The maximum atomic E-state index is 5.85. The third kappa shape index (κ3) is 4.83. The van der Waals surface area contributed by atoms with E-state index in [1.165, 1.54) is 5.56 Å². The third-order valence-electron chi connectivity index (χ3n) is 3.03. The van der Waals surface area contributed by atoms with Crippen LogP contribution >= 0.6 is 0 Å². The molecule has 0 aliphatic rings. The van der Waals surface area contributed by atoms with Crippen LogP contribution in [0.3, 0.4) is 0 Å². The van der Waals surface area contributed by atoms with Crippen LogP contribution in [-0.4, -0.2) is 29.4 Å². The van der Waals surface area contributed by atoms with E-state index in [-0.39, 0.29) is 0 Å². The summed E-state index contributed by atoms with van der Waals surface area (Å²) in [5.41, 5.74) is 7.96. The van der Waals surface area contributed by atoms with E-state index in [4.69, 9.17) is 10.5 Å². The molecule has 0 unspecified atom stereocenters. The van der Waals surface area contributed by atoms with Crippen LogP contribution in [0, 0.1) is 0 Å². The van der Waals surface area contributed by atoms with Gasteiger partial charge in [-0.2, -0.15) is 5.10 Å². The van der Waals surface area contributed by atoms with E-state index in [9.17, 15) is 0 Å². The number of methoxy groups -OCH3 is 1. The summed E-state index contributed by atoms with van der Waals surface area (Å²) in [7, 11) is 3.55. The SMILES string of the molecule is COc1ccc(NC(N)=NCCCc2cnn(C)c2)cc1. The molecule has 1 aromatic carbocycles. The van der Waals surface area contributed by atoms with E-state index in [1.54, 1.807) is 11.8 Å². The molecule has 0 amide bonds. The van der Waals surface area contributed by atoms with Gasteiger partial charge in [0.15, 0.2) is 5.96 Å². The number of hydrogen-bond donors (Lipinski definition) is 2. The predicted octanol–water partition coefficient (Wildman–Crippen LogP) is 1.79. The molecule has 0 fully saturated rings. The molecule has 6 heteroatoms. The van der Waals surface area contributed by atoms with Crippen molar-refractivity contribution in [2.45, 2.75) is 12.8 Å². The summed E-state index contributed by atoms with van der Waals surface area (Å²) < 4.78 is 6.91. The number of benzene rings is 1. The van der Waals surface area contributed by atoms with Crippen LogP contribution in [0.5, 0.6) is 5.75 Å². The molecule has 1 heterocycles. The maximum Gasteiger partial charge on any atom is 0.193 e. The van der Waals surface area contributed by atoms with Crippen molar-refractivity contribution in [2.75, 3.05) is 19.0 Å². The number of anilines is 1. The fourth-order valence-corrected chi connectivity index (χ4v) is 1.95. The van der Waals surface area contributed by atoms with Crippen molar-refractivity contribution in [2.24, 2.45) is 17.8 Å². The van der Waals surface area contributed by atoms with E-state index < -0.39 is 0 Å². The summed E-state index contributed by atoms with van der Waals surface area (Å²) in [6.45, 7) is 0.684. The first-order chi connectivity index (χ1) is 10.2. The van der Waals surface area contributed by atoms with E-state index in [0.29, 0.717) is 12.5 Å². The molecule has 1 aromatic heterocycles. The highest BCUT2D eigenvalue weighted by Crippen LogP contribution is 2.14. The van der Waals surface area contributed by atoms with E-state index >= 15 is 0 Å². The number of rotatable bonds is 6. The number of aliphatic imine (C=N–C) groups is 1. The van der Waals surface area contributed by atoms with E-state index in [1.807, 2.05) is 43.7 Å². The number of aryl methyl sites for hydroxylation is 2. The van der Waals surface area contributed by atoms with Gasteiger partial charge >= 0.3 is 0 Å². The first-order valence-electron chi connectivity index (χ1n) is 6.86. The molecule has 2 rings (SSSR count). The molecule has 112 valence electrons. The van der Waals surface area contributed by atoms with Gasteiger partial charge in [0.1, 0.15) is 5.75 Å². The van der Waals surface area contributed by atoms with Crippen molar-refractivity contribution < 1.29 is 4.74 Å². The number of hydrogen-bond acceptors (Lipinski definition) is 3. The van der Waals surface area contributed by atoms with Gasteiger partial charge in [0.05, 0.1) is 13.3 Å². The Morgan fingerprint density at radius 3 is 2.76 bits per heavy atom. The highest BCUT2D eigenvalue weighted by molar-refractivity contribution is 5.92. The van der Waals surface area contributed by atoms with Gasteiger partial charge in [-0.15, -0.1) is 0 Å². The smallest absolute Gasteiger partial charge is 0.193 e. The molecular formula is C15H21N5O. The number of ether oxygens (including phenoxy) is 1. The Kier molecular flexibility index (Phi) is 5.20. The Morgan fingerprint density at radius 2 is 2.14 bits per heavy atom. The molecule has 0 aliphatic carbocycles. The molecule has 0 saturated heterocycles. The zero-order valence-electron chi connectivity index (χ0n) is 12.4. The van der Waals surface area contributed by atoms with Crippen LogP contribution < -0.4 is 15.8 Å². The standard InChI is InChI=1S/C15H21N5O/c1-20-11-12(10-18-20)4-3-9-17-15(16)19-13-5-7-14(21-2)8-6-13/h5-8,10-11H,3-4,9H2,1-2H3,(H3,16,17,19). The van der Waals surface area contributed by atoms with Crippen molar-refractivity contribution in [3.63, 3.8) is 0 Å². The first-order valence-corrected chi connectivity index (χ1v) is 6.86. The van der Waals surface area contributed by atoms with Gasteiger partial charge in [0.25, 0.3) is 0 Å². The minimum atomic E-state index is 0.423. The van der Waals surface area contributed by atoms with Gasteiger partial charge in [-0.1, -0.05) is 0 Å². The van der Waals surface area contributed by atoms with E-state index in [2.05, 4.69) is 15.4 Å². The Morgan fingerprint density at radius 1 is 1.38 bits per heavy atom. The van der Waals surface area contributed by atoms with Crippen LogP contribution in [0.15, 0.2) is 41.7 Å². The predicted molar refractivity (Wildman–Crippen MR) is 84.6 cm³/mol. The average molecular weight is 287 g/mol. The van der Waals surface area contributed by atoms with Crippen molar-refractivity contribution in [3.05, 3.63) is 42.2 Å². The number of nitrogens with one attached hydrogen (secondary N) is 1. The lowest BCUT2D eigenvalue weighted by Crippen LogP contribution is -2.22. The van der Waals surface area contributed by atoms with Gasteiger partial charge in [-0.05, 0) is 42.7 Å². The molecule has 0 atom stereocenters. The molecular weight excluding hydrogens is 266 g/mol. The average Bonchev–Trinajstić information content (AvgIpc) is 2.90. The molecule has 21 heavy (non-hydrogen) atoms. The molecule has 0 aliphatic heterocycles. The first kappa shape index (κ1) is 14.9. The summed E-state index contributed by atoms with van der Waals surface area (Å²) >= 11 is 0. The normalized spacial score (nSPS) is 11.4. The quantitative estimate of drug-likeness (QED) is 0.482. The Hall–Kier alpha value is -2.50. The summed E-state index contributed by atoms with van der Waals surface area (Å²) in [5.74, 6) is 1.24. The Labute approximate surface area is 124 Å². The van der Waals surface area contributed by atoms with E-state index in [0.717, 1.165) is 24.3 Å². The van der Waals surface area contributed by atoms with Crippen LogP contribution in [0.2, 0.25) is 0 Å². The van der Waals surface area contributed by atoms with Crippen LogP contribution in [-0.2, 0) is 13.5 Å². The van der Waals surface area contributed by atoms with Crippen molar-refractivity contribution in [1.82, 2.24) is 9.78 Å². The monoisotopic (exact) mass is 287 g/mol. The molecule has 0 bridgehead atoms. The minimum absolute atomic E-state index is 0.423. The van der Waals surface area contributed by atoms with Crippen molar-refractivity contribution in [1.29, 1.82) is 0 Å². The van der Waals surface area contributed by atoms with Gasteiger partial charge in [-0.3, -0.25) is 9.67 Å². The number of aromatic nitrogens is 2. The summed E-state index contributed by atoms with van der Waals surface area (Å²) in [6, 6.07) is 7.55. The molecule has 2 aromatic rings. The van der Waals surface area contributed by atoms with Crippen molar-refractivity contribution >= 4 is 11.6 Å². The topological polar surface area (TPSA) is 77.5 Å². The largest absolute Gasteiger partial charge is 0.497 e. The molecule has 0 radical (unpaired) electrons. The molecule has 0 spiro atoms. The summed E-state index contributed by atoms with van der Waals surface area (Å²) in [4.78, 5) is 4.31. The summed E-state index contributed by atoms with van der Waals surface area (Å²) in [6.07, 6.45) is 5.79. The lowest BCUT2D eigenvalue weighted by atomic mass is 10.2. The molecule has 3 N–H and O–H groups in total. The molecule has 0 saturated carbocycles. The second kappa shape index (κ2) is 7.33. The number of guanidine groups is 1. The second-order valence-corrected chi connectivity index (χ2v) is 4.75. The lowest BCUT2D eigenvalue weighted by Gasteiger charge is -2.06. The zero-order chi connectivity index (χ0) is 15.1. The van der Waals surface area contributed by atoms with Crippen LogP contribution in [0.25, 0.3) is 0 Å². The third-order valence-corrected chi connectivity index (χ3v) is 3.03. The van der Waals surface area contributed by atoms with Gasteiger partial charge in [-0.25, -0.2) is 0 Å². The van der Waals surface area contributed by atoms with Crippen LogP contribution in [0.1, 0.15) is 12.0 Å². The van der Waals surface area contributed by atoms with Gasteiger partial charge in [0.2, 0.25) is 0 Å².